The normalized spacial score (nSPS) is 10.8. The van der Waals surface area contributed by atoms with Gasteiger partial charge in [0, 0.05) is 18.1 Å². The second-order valence-electron chi connectivity index (χ2n) is 6.67. The van der Waals surface area contributed by atoms with Crippen LogP contribution in [0.25, 0.3) is 5.69 Å². The van der Waals surface area contributed by atoms with Crippen molar-refractivity contribution < 1.29 is 4.79 Å². The SMILES string of the molecule is CCc1cccc(C)c1NC(=O)CSc1nccn1-c1ccc(C)cc1C. The van der Waals surface area contributed by atoms with E-state index in [4.69, 9.17) is 0 Å². The monoisotopic (exact) mass is 379 g/mol. The van der Waals surface area contributed by atoms with E-state index >= 15 is 0 Å². The molecule has 0 bridgehead atoms. The van der Waals surface area contributed by atoms with E-state index in [-0.39, 0.29) is 5.91 Å². The smallest absolute Gasteiger partial charge is 0.234 e. The van der Waals surface area contributed by atoms with E-state index in [1.54, 1.807) is 6.20 Å². The number of hydrogen-bond acceptors (Lipinski definition) is 3. The number of imidazole rings is 1. The standard InChI is InChI=1S/C22H25N3OS/c1-5-18-8-6-7-16(3)21(18)24-20(26)14-27-22-23-11-12-25(22)19-10-9-15(2)13-17(19)4/h6-13H,5,14H2,1-4H3,(H,24,26). The van der Waals surface area contributed by atoms with Crippen LogP contribution < -0.4 is 5.32 Å². The number of para-hydroxylation sites is 1. The van der Waals surface area contributed by atoms with Gasteiger partial charge in [0.15, 0.2) is 5.16 Å². The first-order valence-corrected chi connectivity index (χ1v) is 10.1. The van der Waals surface area contributed by atoms with Gasteiger partial charge >= 0.3 is 0 Å². The molecule has 0 fully saturated rings. The molecule has 0 atom stereocenters. The summed E-state index contributed by atoms with van der Waals surface area (Å²) in [5.41, 5.74) is 6.69. The molecule has 0 spiro atoms. The van der Waals surface area contributed by atoms with Crippen molar-refractivity contribution in [2.75, 3.05) is 11.1 Å². The lowest BCUT2D eigenvalue weighted by Gasteiger charge is -2.13. The Hall–Kier alpha value is -2.53. The molecule has 1 aromatic heterocycles. The third-order valence-corrected chi connectivity index (χ3v) is 5.52. The highest BCUT2D eigenvalue weighted by atomic mass is 32.2. The lowest BCUT2D eigenvalue weighted by molar-refractivity contribution is -0.113. The summed E-state index contributed by atoms with van der Waals surface area (Å²) in [5, 5.41) is 3.89. The molecule has 0 saturated heterocycles. The van der Waals surface area contributed by atoms with E-state index in [0.717, 1.165) is 34.1 Å². The molecule has 3 rings (SSSR count). The minimum Gasteiger partial charge on any atom is -0.325 e. The van der Waals surface area contributed by atoms with E-state index in [0.29, 0.717) is 5.75 Å². The zero-order valence-corrected chi connectivity index (χ0v) is 17.1. The molecule has 1 amide bonds. The lowest BCUT2D eigenvalue weighted by atomic mass is 10.1. The Morgan fingerprint density at radius 3 is 2.70 bits per heavy atom. The van der Waals surface area contributed by atoms with Crippen molar-refractivity contribution in [2.24, 2.45) is 0 Å². The third-order valence-electron chi connectivity index (χ3n) is 4.56. The van der Waals surface area contributed by atoms with Crippen LogP contribution in [0.2, 0.25) is 0 Å². The lowest BCUT2D eigenvalue weighted by Crippen LogP contribution is -2.16. The Morgan fingerprint density at radius 2 is 1.96 bits per heavy atom. The summed E-state index contributed by atoms with van der Waals surface area (Å²) in [6, 6.07) is 12.4. The number of rotatable bonds is 6. The van der Waals surface area contributed by atoms with E-state index in [1.165, 1.54) is 22.9 Å². The van der Waals surface area contributed by atoms with Gasteiger partial charge in [0.1, 0.15) is 0 Å². The number of nitrogens with one attached hydrogen (secondary N) is 1. The number of hydrogen-bond donors (Lipinski definition) is 1. The molecule has 3 aromatic rings. The van der Waals surface area contributed by atoms with Crippen LogP contribution in [-0.2, 0) is 11.2 Å². The number of anilines is 1. The highest BCUT2D eigenvalue weighted by Gasteiger charge is 2.13. The summed E-state index contributed by atoms with van der Waals surface area (Å²) in [4.78, 5) is 17.0. The summed E-state index contributed by atoms with van der Waals surface area (Å²) in [7, 11) is 0. The molecule has 1 N–H and O–H groups in total. The summed E-state index contributed by atoms with van der Waals surface area (Å²) in [5.74, 6) is 0.304. The number of aryl methyl sites for hydroxylation is 4. The van der Waals surface area contributed by atoms with Crippen LogP contribution in [0.4, 0.5) is 5.69 Å². The van der Waals surface area contributed by atoms with Crippen molar-refractivity contribution in [1.82, 2.24) is 9.55 Å². The van der Waals surface area contributed by atoms with Gasteiger partial charge in [-0.3, -0.25) is 9.36 Å². The van der Waals surface area contributed by atoms with E-state index < -0.39 is 0 Å². The summed E-state index contributed by atoms with van der Waals surface area (Å²) in [6.07, 6.45) is 4.60. The minimum atomic E-state index is -0.0146. The van der Waals surface area contributed by atoms with Gasteiger partial charge in [-0.2, -0.15) is 0 Å². The zero-order valence-electron chi connectivity index (χ0n) is 16.2. The number of amides is 1. The van der Waals surface area contributed by atoms with Crippen LogP contribution in [-0.4, -0.2) is 21.2 Å². The molecule has 0 aliphatic heterocycles. The number of benzene rings is 2. The first kappa shape index (κ1) is 19.2. The summed E-state index contributed by atoms with van der Waals surface area (Å²) >= 11 is 1.45. The molecule has 0 aliphatic carbocycles. The van der Waals surface area contributed by atoms with Gasteiger partial charge < -0.3 is 5.32 Å². The van der Waals surface area contributed by atoms with Crippen LogP contribution in [0.5, 0.6) is 0 Å². The highest BCUT2D eigenvalue weighted by Crippen LogP contribution is 2.25. The van der Waals surface area contributed by atoms with Crippen LogP contribution >= 0.6 is 11.8 Å². The average Bonchev–Trinajstić information content (AvgIpc) is 3.10. The second-order valence-corrected chi connectivity index (χ2v) is 7.61. The largest absolute Gasteiger partial charge is 0.325 e. The number of carbonyl (C=O) groups excluding carboxylic acids is 1. The number of carbonyl (C=O) groups is 1. The minimum absolute atomic E-state index is 0.0146. The summed E-state index contributed by atoms with van der Waals surface area (Å²) in [6.45, 7) is 8.30. The van der Waals surface area contributed by atoms with Crippen LogP contribution in [0.15, 0.2) is 53.9 Å². The maximum Gasteiger partial charge on any atom is 0.234 e. The fraction of sp³-hybridized carbons (Fsp3) is 0.273. The van der Waals surface area contributed by atoms with Gasteiger partial charge in [0.25, 0.3) is 0 Å². The number of thioether (sulfide) groups is 1. The Kier molecular flexibility index (Phi) is 6.01. The van der Waals surface area contributed by atoms with Crippen LogP contribution in [0.3, 0.4) is 0 Å². The molecular weight excluding hydrogens is 354 g/mol. The highest BCUT2D eigenvalue weighted by molar-refractivity contribution is 7.99. The molecule has 0 unspecified atom stereocenters. The predicted octanol–water partition coefficient (Wildman–Crippen LogP) is 5.09. The molecule has 2 aromatic carbocycles. The first-order chi connectivity index (χ1) is 13.0. The van der Waals surface area contributed by atoms with Gasteiger partial charge in [-0.1, -0.05) is 54.6 Å². The summed E-state index contributed by atoms with van der Waals surface area (Å²) < 4.78 is 2.04. The van der Waals surface area contributed by atoms with E-state index in [1.807, 2.05) is 29.8 Å². The number of aromatic nitrogens is 2. The second kappa shape index (κ2) is 8.44. The molecule has 5 heteroatoms. The van der Waals surface area contributed by atoms with Gasteiger partial charge in [-0.25, -0.2) is 4.98 Å². The third kappa shape index (κ3) is 4.42. The van der Waals surface area contributed by atoms with Crippen molar-refractivity contribution in [3.8, 4) is 5.69 Å². The Labute approximate surface area is 165 Å². The van der Waals surface area contributed by atoms with Gasteiger partial charge in [-0.15, -0.1) is 0 Å². The maximum atomic E-state index is 12.5. The van der Waals surface area contributed by atoms with Gasteiger partial charge in [-0.05, 0) is 49.9 Å². The van der Waals surface area contributed by atoms with Gasteiger partial charge in [0.2, 0.25) is 5.91 Å². The Balaban J connectivity index is 1.72. The number of nitrogens with zero attached hydrogens (tertiary/aromatic N) is 2. The predicted molar refractivity (Wildman–Crippen MR) is 113 cm³/mol. The Bertz CT molecular complexity index is 962. The molecular formula is C22H25N3OS. The molecule has 0 aliphatic rings. The molecule has 4 nitrogen and oxygen atoms in total. The van der Waals surface area contributed by atoms with Crippen LogP contribution in [0, 0.1) is 20.8 Å². The molecule has 1 heterocycles. The fourth-order valence-corrected chi connectivity index (χ4v) is 3.93. The quantitative estimate of drug-likeness (QED) is 0.607. The molecule has 27 heavy (non-hydrogen) atoms. The van der Waals surface area contributed by atoms with Crippen molar-refractivity contribution in [3.05, 3.63) is 71.0 Å². The van der Waals surface area contributed by atoms with Crippen LogP contribution in [0.1, 0.15) is 29.2 Å². The molecule has 0 saturated carbocycles. The van der Waals surface area contributed by atoms with E-state index in [9.17, 15) is 4.79 Å². The molecule has 140 valence electrons. The molecule has 0 radical (unpaired) electrons. The first-order valence-electron chi connectivity index (χ1n) is 9.11. The van der Waals surface area contributed by atoms with E-state index in [2.05, 4.69) is 55.3 Å². The van der Waals surface area contributed by atoms with Crippen molar-refractivity contribution in [2.45, 2.75) is 39.3 Å². The average molecular weight is 380 g/mol. The maximum absolute atomic E-state index is 12.5. The van der Waals surface area contributed by atoms with Gasteiger partial charge in [0.05, 0.1) is 11.4 Å². The van der Waals surface area contributed by atoms with Crippen molar-refractivity contribution >= 4 is 23.4 Å². The van der Waals surface area contributed by atoms with Crippen molar-refractivity contribution in [1.29, 1.82) is 0 Å². The van der Waals surface area contributed by atoms with Crippen molar-refractivity contribution in [3.63, 3.8) is 0 Å². The zero-order chi connectivity index (χ0) is 19.4. The fourth-order valence-electron chi connectivity index (χ4n) is 3.16. The topological polar surface area (TPSA) is 46.9 Å². The Morgan fingerprint density at radius 1 is 1.15 bits per heavy atom.